The molecule has 5 heteroatoms. The number of aryl methyl sites for hydroxylation is 1. The van der Waals surface area contributed by atoms with Crippen molar-refractivity contribution in [3.8, 4) is 0 Å². The Morgan fingerprint density at radius 3 is 2.78 bits per heavy atom. The molecule has 18 heavy (non-hydrogen) atoms. The monoisotopic (exact) mass is 271 g/mol. The van der Waals surface area contributed by atoms with Gasteiger partial charge in [0, 0.05) is 16.7 Å². The van der Waals surface area contributed by atoms with Crippen LogP contribution in [0.25, 0.3) is 0 Å². The number of rotatable bonds is 5. The topological polar surface area (TPSA) is 52.3 Å². The Kier molecular flexibility index (Phi) is 5.62. The summed E-state index contributed by atoms with van der Waals surface area (Å²) in [5, 5.41) is 0. The van der Waals surface area contributed by atoms with Gasteiger partial charge in [0.2, 0.25) is 0 Å². The summed E-state index contributed by atoms with van der Waals surface area (Å²) in [6.07, 6.45) is 0.329. The van der Waals surface area contributed by atoms with Crippen LogP contribution < -0.4 is 5.73 Å². The first kappa shape index (κ1) is 15.0. The summed E-state index contributed by atoms with van der Waals surface area (Å²) >= 11 is 1.49. The van der Waals surface area contributed by atoms with Crippen LogP contribution in [0.3, 0.4) is 0 Å². The largest absolute Gasteiger partial charge is 0.469 e. The summed E-state index contributed by atoms with van der Waals surface area (Å²) in [5.41, 5.74) is 7.17. The molecular weight excluding hydrogens is 253 g/mol. The van der Waals surface area contributed by atoms with E-state index in [4.69, 9.17) is 5.73 Å². The van der Waals surface area contributed by atoms with Gasteiger partial charge in [-0.25, -0.2) is 4.39 Å². The van der Waals surface area contributed by atoms with E-state index in [0.29, 0.717) is 17.7 Å². The number of hydrogen-bond donors (Lipinski definition) is 1. The lowest BCUT2D eigenvalue weighted by Gasteiger charge is -2.13. The molecule has 1 aromatic rings. The van der Waals surface area contributed by atoms with Crippen molar-refractivity contribution in [2.24, 2.45) is 5.73 Å². The molecule has 100 valence electrons. The normalized spacial score (nSPS) is 12.3. The Bertz CT molecular complexity index is 435. The minimum atomic E-state index is -0.250. The summed E-state index contributed by atoms with van der Waals surface area (Å²) < 4.78 is 18.1. The highest BCUT2D eigenvalue weighted by Crippen LogP contribution is 2.29. The highest BCUT2D eigenvalue weighted by molar-refractivity contribution is 7.99. The van der Waals surface area contributed by atoms with Gasteiger partial charge in [-0.2, -0.15) is 0 Å². The summed E-state index contributed by atoms with van der Waals surface area (Å²) in [7, 11) is 1.36. The molecule has 1 atom stereocenters. The molecule has 1 aromatic carbocycles. The van der Waals surface area contributed by atoms with E-state index in [1.165, 1.54) is 24.9 Å². The van der Waals surface area contributed by atoms with E-state index in [9.17, 15) is 9.18 Å². The van der Waals surface area contributed by atoms with Gasteiger partial charge in [-0.3, -0.25) is 4.79 Å². The predicted molar refractivity (Wildman–Crippen MR) is 71.1 cm³/mol. The van der Waals surface area contributed by atoms with Gasteiger partial charge in [-0.1, -0.05) is 0 Å². The third kappa shape index (κ3) is 3.99. The molecular formula is C13H18FNO2S. The molecule has 0 heterocycles. The molecule has 0 aliphatic heterocycles. The van der Waals surface area contributed by atoms with Crippen LogP contribution in [0.15, 0.2) is 17.0 Å². The van der Waals surface area contributed by atoms with Crippen LogP contribution in [0.1, 0.15) is 30.5 Å². The highest BCUT2D eigenvalue weighted by atomic mass is 32.2. The van der Waals surface area contributed by atoms with Crippen molar-refractivity contribution in [3.63, 3.8) is 0 Å². The molecule has 0 saturated heterocycles. The van der Waals surface area contributed by atoms with Crippen LogP contribution in [0.4, 0.5) is 4.39 Å². The Morgan fingerprint density at radius 2 is 2.22 bits per heavy atom. The first-order chi connectivity index (χ1) is 8.45. The number of halogens is 1. The molecule has 2 N–H and O–H groups in total. The molecule has 0 unspecified atom stereocenters. The van der Waals surface area contributed by atoms with Crippen molar-refractivity contribution in [1.82, 2.24) is 0 Å². The number of nitrogens with two attached hydrogens (primary N) is 1. The zero-order chi connectivity index (χ0) is 13.7. The van der Waals surface area contributed by atoms with Gasteiger partial charge in [0.25, 0.3) is 0 Å². The summed E-state index contributed by atoms with van der Waals surface area (Å²) in [6, 6.07) is 3.01. The minimum absolute atomic E-state index is 0.235. The van der Waals surface area contributed by atoms with Crippen molar-refractivity contribution < 1.29 is 13.9 Å². The maximum absolute atomic E-state index is 13.5. The van der Waals surface area contributed by atoms with Crippen LogP contribution in [0, 0.1) is 12.7 Å². The molecule has 0 aliphatic rings. The van der Waals surface area contributed by atoms with E-state index in [1.54, 1.807) is 13.0 Å². The van der Waals surface area contributed by atoms with E-state index < -0.39 is 0 Å². The van der Waals surface area contributed by atoms with E-state index in [-0.39, 0.29) is 17.8 Å². The Morgan fingerprint density at radius 1 is 1.56 bits per heavy atom. The van der Waals surface area contributed by atoms with Crippen LogP contribution in [-0.2, 0) is 9.53 Å². The van der Waals surface area contributed by atoms with Gasteiger partial charge >= 0.3 is 5.97 Å². The second-order valence-corrected chi connectivity index (χ2v) is 5.24. The first-order valence-electron chi connectivity index (χ1n) is 5.71. The SMILES string of the molecule is COC(=O)CCSc1cc(C)c(F)cc1[C@@H](C)N. The maximum Gasteiger partial charge on any atom is 0.306 e. The standard InChI is InChI=1S/C13H18FNO2S/c1-8-6-12(18-5-4-13(16)17-3)10(9(2)15)7-11(8)14/h6-7,9H,4-5,15H2,1-3H3/t9-/m1/s1. The van der Waals surface area contributed by atoms with E-state index >= 15 is 0 Å². The van der Waals surface area contributed by atoms with Crippen molar-refractivity contribution in [1.29, 1.82) is 0 Å². The molecule has 0 amide bonds. The van der Waals surface area contributed by atoms with Gasteiger partial charge in [0.05, 0.1) is 13.5 Å². The Labute approximate surface area is 111 Å². The fourth-order valence-corrected chi connectivity index (χ4v) is 2.66. The van der Waals surface area contributed by atoms with Gasteiger partial charge < -0.3 is 10.5 Å². The van der Waals surface area contributed by atoms with Crippen LogP contribution in [-0.4, -0.2) is 18.8 Å². The number of esters is 1. The minimum Gasteiger partial charge on any atom is -0.469 e. The Hall–Kier alpha value is -1.07. The fourth-order valence-electron chi connectivity index (χ4n) is 1.50. The predicted octanol–water partition coefficient (Wildman–Crippen LogP) is 2.81. The van der Waals surface area contributed by atoms with Gasteiger partial charge in [0.15, 0.2) is 0 Å². The zero-order valence-electron chi connectivity index (χ0n) is 10.8. The van der Waals surface area contributed by atoms with Crippen molar-refractivity contribution in [3.05, 3.63) is 29.1 Å². The van der Waals surface area contributed by atoms with E-state index in [0.717, 1.165) is 10.5 Å². The third-order valence-electron chi connectivity index (χ3n) is 2.57. The number of methoxy groups -OCH3 is 1. The molecule has 1 rings (SSSR count). The molecule has 0 aliphatic carbocycles. The smallest absolute Gasteiger partial charge is 0.306 e. The summed E-state index contributed by atoms with van der Waals surface area (Å²) in [6.45, 7) is 3.53. The first-order valence-corrected chi connectivity index (χ1v) is 6.69. The van der Waals surface area contributed by atoms with Crippen molar-refractivity contribution >= 4 is 17.7 Å². The van der Waals surface area contributed by atoms with Crippen LogP contribution >= 0.6 is 11.8 Å². The van der Waals surface area contributed by atoms with Crippen LogP contribution in [0.2, 0.25) is 0 Å². The van der Waals surface area contributed by atoms with E-state index in [2.05, 4.69) is 4.74 Å². The number of benzene rings is 1. The Balaban J connectivity index is 2.80. The third-order valence-corrected chi connectivity index (χ3v) is 3.65. The summed E-state index contributed by atoms with van der Waals surface area (Å²) in [5.74, 6) is 0.0978. The number of carbonyl (C=O) groups is 1. The average molecular weight is 271 g/mol. The van der Waals surface area contributed by atoms with Gasteiger partial charge in [0.1, 0.15) is 5.82 Å². The summed E-state index contributed by atoms with van der Waals surface area (Å²) in [4.78, 5) is 11.9. The van der Waals surface area contributed by atoms with Crippen LogP contribution in [0.5, 0.6) is 0 Å². The molecule has 0 bridgehead atoms. The lowest BCUT2D eigenvalue weighted by atomic mass is 10.1. The fraction of sp³-hybridized carbons (Fsp3) is 0.462. The molecule has 0 spiro atoms. The van der Waals surface area contributed by atoms with Crippen molar-refractivity contribution in [2.75, 3.05) is 12.9 Å². The molecule has 3 nitrogen and oxygen atoms in total. The molecule has 0 saturated carbocycles. The maximum atomic E-state index is 13.5. The number of ether oxygens (including phenoxy) is 1. The van der Waals surface area contributed by atoms with E-state index in [1.807, 2.05) is 6.92 Å². The highest BCUT2D eigenvalue weighted by Gasteiger charge is 2.12. The lowest BCUT2D eigenvalue weighted by molar-refractivity contribution is -0.140. The number of carbonyl (C=O) groups excluding carboxylic acids is 1. The second kappa shape index (κ2) is 6.75. The quantitative estimate of drug-likeness (QED) is 0.661. The number of thioether (sulfide) groups is 1. The molecule has 0 aromatic heterocycles. The number of hydrogen-bond acceptors (Lipinski definition) is 4. The lowest BCUT2D eigenvalue weighted by Crippen LogP contribution is -2.08. The zero-order valence-corrected chi connectivity index (χ0v) is 11.6. The average Bonchev–Trinajstić information content (AvgIpc) is 2.32. The van der Waals surface area contributed by atoms with Gasteiger partial charge in [-0.05, 0) is 37.1 Å². The van der Waals surface area contributed by atoms with Gasteiger partial charge in [-0.15, -0.1) is 11.8 Å². The van der Waals surface area contributed by atoms with Crippen molar-refractivity contribution in [2.45, 2.75) is 31.2 Å². The molecule has 0 fully saturated rings. The molecule has 0 radical (unpaired) electrons. The second-order valence-electron chi connectivity index (χ2n) is 4.10.